The van der Waals surface area contributed by atoms with Crippen LogP contribution in [0.1, 0.15) is 59.3 Å². The minimum atomic E-state index is -4.73. The molecule has 0 atom stereocenters. The Kier molecular flexibility index (Phi) is 7.28. The van der Waals surface area contributed by atoms with Gasteiger partial charge in [-0.15, -0.1) is 0 Å². The summed E-state index contributed by atoms with van der Waals surface area (Å²) in [4.78, 5) is 40.9. The van der Waals surface area contributed by atoms with E-state index in [9.17, 15) is 32.7 Å². The van der Waals surface area contributed by atoms with Crippen LogP contribution in [-0.4, -0.2) is 22.8 Å². The fourth-order valence-electron chi connectivity index (χ4n) is 4.03. The number of rotatable bonds is 8. The molecule has 1 aliphatic rings. The summed E-state index contributed by atoms with van der Waals surface area (Å²) in [6.07, 6.45) is -3.19. The molecule has 10 heteroatoms. The highest BCUT2D eigenvalue weighted by atomic mass is 19.4. The summed E-state index contributed by atoms with van der Waals surface area (Å²) in [6, 6.07) is 12.1. The maximum Gasteiger partial charge on any atom is 0.416 e. The van der Waals surface area contributed by atoms with Crippen LogP contribution >= 0.6 is 0 Å². The van der Waals surface area contributed by atoms with Gasteiger partial charge in [0.05, 0.1) is 23.4 Å². The van der Waals surface area contributed by atoms with Gasteiger partial charge in [0, 0.05) is 28.9 Å². The van der Waals surface area contributed by atoms with Crippen molar-refractivity contribution in [2.45, 2.75) is 44.7 Å². The van der Waals surface area contributed by atoms with Crippen LogP contribution in [0.3, 0.4) is 0 Å². The predicted octanol–water partition coefficient (Wildman–Crippen LogP) is 5.17. The molecule has 1 saturated carbocycles. The van der Waals surface area contributed by atoms with Crippen molar-refractivity contribution in [1.82, 2.24) is 4.98 Å². The SMILES string of the molecule is CCc1cc(NC(=O)[O-])c(NC(=O)CC(=O)c2cccc(-c3ccc(C4CC4)nc3)c2)cc1C(F)(F)F. The molecule has 0 bridgehead atoms. The van der Waals surface area contributed by atoms with Crippen LogP contribution in [0, 0.1) is 0 Å². The van der Waals surface area contributed by atoms with Crippen molar-refractivity contribution in [3.8, 4) is 11.1 Å². The van der Waals surface area contributed by atoms with Gasteiger partial charge in [-0.25, -0.2) is 0 Å². The number of hydrogen-bond donors (Lipinski definition) is 2. The van der Waals surface area contributed by atoms with Gasteiger partial charge in [0.2, 0.25) is 5.91 Å². The summed E-state index contributed by atoms with van der Waals surface area (Å²) in [5.74, 6) is -0.949. The smallest absolute Gasteiger partial charge is 0.416 e. The average molecular weight is 510 g/mol. The highest BCUT2D eigenvalue weighted by Gasteiger charge is 2.34. The number of ketones is 1. The van der Waals surface area contributed by atoms with E-state index in [4.69, 9.17) is 0 Å². The second-order valence-corrected chi connectivity index (χ2v) is 8.79. The van der Waals surface area contributed by atoms with Gasteiger partial charge in [-0.2, -0.15) is 13.2 Å². The number of anilines is 2. The van der Waals surface area contributed by atoms with Gasteiger partial charge in [-0.3, -0.25) is 14.6 Å². The van der Waals surface area contributed by atoms with Gasteiger partial charge < -0.3 is 20.5 Å². The molecule has 37 heavy (non-hydrogen) atoms. The summed E-state index contributed by atoms with van der Waals surface area (Å²) in [7, 11) is 0. The van der Waals surface area contributed by atoms with Crippen molar-refractivity contribution in [3.63, 3.8) is 0 Å². The minimum Gasteiger partial charge on any atom is -0.530 e. The number of Topliss-reactive ketones (excluding diaryl/α,β-unsaturated/α-hetero) is 1. The van der Waals surface area contributed by atoms with Crippen LogP contribution in [0.4, 0.5) is 29.3 Å². The lowest BCUT2D eigenvalue weighted by Gasteiger charge is -2.19. The first-order chi connectivity index (χ1) is 17.5. The first-order valence-corrected chi connectivity index (χ1v) is 11.7. The fraction of sp³-hybridized carbons (Fsp3) is 0.259. The molecular formula is C27H23F3N3O4-. The normalized spacial score (nSPS) is 13.2. The van der Waals surface area contributed by atoms with E-state index >= 15 is 0 Å². The van der Waals surface area contributed by atoms with Gasteiger partial charge in [0.15, 0.2) is 5.78 Å². The Bertz CT molecular complexity index is 1350. The van der Waals surface area contributed by atoms with Crippen LogP contribution in [0.15, 0.2) is 54.7 Å². The molecule has 192 valence electrons. The largest absolute Gasteiger partial charge is 0.530 e. The molecule has 0 radical (unpaired) electrons. The second kappa shape index (κ2) is 10.4. The molecule has 0 spiro atoms. The molecule has 2 N–H and O–H groups in total. The first-order valence-electron chi connectivity index (χ1n) is 11.7. The van der Waals surface area contributed by atoms with E-state index in [2.05, 4.69) is 10.3 Å². The highest BCUT2D eigenvalue weighted by molar-refractivity contribution is 6.12. The molecule has 3 aromatic rings. The zero-order valence-electron chi connectivity index (χ0n) is 19.8. The molecule has 2 aromatic carbocycles. The molecule has 1 aliphatic carbocycles. The van der Waals surface area contributed by atoms with Gasteiger partial charge >= 0.3 is 6.18 Å². The number of nitrogens with one attached hydrogen (secondary N) is 2. The Morgan fingerprint density at radius 1 is 1.00 bits per heavy atom. The van der Waals surface area contributed by atoms with Gasteiger partial charge in [-0.1, -0.05) is 31.2 Å². The molecule has 1 aromatic heterocycles. The summed E-state index contributed by atoms with van der Waals surface area (Å²) in [5.41, 5.74) is 0.905. The quantitative estimate of drug-likeness (QED) is 0.321. The number of alkyl halides is 3. The monoisotopic (exact) mass is 510 g/mol. The Morgan fingerprint density at radius 3 is 2.32 bits per heavy atom. The third kappa shape index (κ3) is 6.32. The van der Waals surface area contributed by atoms with Gasteiger partial charge in [-0.05, 0) is 54.7 Å². The number of benzene rings is 2. The third-order valence-electron chi connectivity index (χ3n) is 6.06. The van der Waals surface area contributed by atoms with E-state index in [0.29, 0.717) is 12.0 Å². The molecule has 0 aliphatic heterocycles. The van der Waals surface area contributed by atoms with Crippen LogP contribution in [-0.2, 0) is 17.4 Å². The number of carbonyl (C=O) groups excluding carboxylic acids is 3. The van der Waals surface area contributed by atoms with E-state index < -0.39 is 41.6 Å². The molecular weight excluding hydrogens is 487 g/mol. The van der Waals surface area contributed by atoms with Crippen LogP contribution < -0.4 is 15.7 Å². The number of carboxylic acid groups (broad SMARTS) is 1. The van der Waals surface area contributed by atoms with Crippen LogP contribution in [0.5, 0.6) is 0 Å². The molecule has 0 unspecified atom stereocenters. The molecule has 7 nitrogen and oxygen atoms in total. The van der Waals surface area contributed by atoms with Crippen molar-refractivity contribution < 1.29 is 32.7 Å². The van der Waals surface area contributed by atoms with Crippen molar-refractivity contribution >= 4 is 29.2 Å². The lowest BCUT2D eigenvalue weighted by atomic mass is 10.0. The van der Waals surface area contributed by atoms with Crippen molar-refractivity contribution in [2.24, 2.45) is 0 Å². The summed E-state index contributed by atoms with van der Waals surface area (Å²) in [5, 5.41) is 15.2. The lowest BCUT2D eigenvalue weighted by molar-refractivity contribution is -0.242. The average Bonchev–Trinajstić information content (AvgIpc) is 3.69. The maximum absolute atomic E-state index is 13.5. The van der Waals surface area contributed by atoms with E-state index in [1.54, 1.807) is 24.4 Å². The Balaban J connectivity index is 1.52. The van der Waals surface area contributed by atoms with Gasteiger partial charge in [0.25, 0.3) is 0 Å². The third-order valence-corrected chi connectivity index (χ3v) is 6.06. The molecule has 4 rings (SSSR count). The highest BCUT2D eigenvalue weighted by Crippen LogP contribution is 2.39. The van der Waals surface area contributed by atoms with Crippen molar-refractivity contribution in [1.29, 1.82) is 0 Å². The van der Waals surface area contributed by atoms with E-state index in [1.807, 2.05) is 17.4 Å². The van der Waals surface area contributed by atoms with E-state index in [-0.39, 0.29) is 23.2 Å². The number of aromatic nitrogens is 1. The molecule has 1 heterocycles. The topological polar surface area (TPSA) is 111 Å². The number of pyridine rings is 1. The second-order valence-electron chi connectivity index (χ2n) is 8.79. The lowest BCUT2D eigenvalue weighted by Crippen LogP contribution is -2.30. The Morgan fingerprint density at radius 2 is 1.73 bits per heavy atom. The molecule has 1 fully saturated rings. The van der Waals surface area contributed by atoms with E-state index in [1.165, 1.54) is 13.0 Å². The first kappa shape index (κ1) is 25.9. The van der Waals surface area contributed by atoms with Crippen LogP contribution in [0.25, 0.3) is 11.1 Å². The predicted molar refractivity (Wildman–Crippen MR) is 129 cm³/mol. The number of carbonyl (C=O) groups is 3. The fourth-order valence-corrected chi connectivity index (χ4v) is 4.03. The summed E-state index contributed by atoms with van der Waals surface area (Å²) in [6.45, 7) is 1.48. The van der Waals surface area contributed by atoms with Gasteiger partial charge in [0.1, 0.15) is 6.09 Å². The molecule has 2 amide bonds. The minimum absolute atomic E-state index is 0.0293. The number of halogens is 3. The van der Waals surface area contributed by atoms with Crippen molar-refractivity contribution in [3.05, 3.63) is 77.1 Å². The Labute approximate surface area is 210 Å². The Hall–Kier alpha value is -4.21. The maximum atomic E-state index is 13.5. The number of aryl methyl sites for hydroxylation is 1. The van der Waals surface area contributed by atoms with Crippen LogP contribution in [0.2, 0.25) is 0 Å². The summed E-state index contributed by atoms with van der Waals surface area (Å²) >= 11 is 0. The molecule has 0 saturated heterocycles. The standard InChI is InChI=1S/C27H24F3N3O4/c1-2-15-11-22(33-26(36)37)23(12-20(15)27(28,29)30)32-25(35)13-24(34)18-5-3-4-17(10-18)19-8-9-21(31-14-19)16-6-7-16/h3-5,8-12,14,16,33H,2,6-7,13H2,1H3,(H,32,35)(H,36,37)/p-1. The number of hydrogen-bond acceptors (Lipinski definition) is 5. The zero-order chi connectivity index (χ0) is 26.7. The van der Waals surface area contributed by atoms with E-state index in [0.717, 1.165) is 35.7 Å². The summed E-state index contributed by atoms with van der Waals surface area (Å²) < 4.78 is 40.5. The number of amides is 2. The number of nitrogens with zero attached hydrogens (tertiary/aromatic N) is 1. The zero-order valence-corrected chi connectivity index (χ0v) is 19.8. The van der Waals surface area contributed by atoms with Crippen molar-refractivity contribution in [2.75, 3.05) is 10.6 Å².